The zero-order valence-electron chi connectivity index (χ0n) is 12.4. The molecule has 0 saturated carbocycles. The molecular weight excluding hydrogens is 345 g/mol. The molecule has 0 aliphatic heterocycles. The number of halogens is 3. The second-order valence-electron chi connectivity index (χ2n) is 4.92. The first-order chi connectivity index (χ1) is 11.6. The van der Waals surface area contributed by atoms with Gasteiger partial charge < -0.3 is 15.6 Å². The number of nitrogens with zero attached hydrogens (tertiary/aromatic N) is 1. The van der Waals surface area contributed by atoms with Gasteiger partial charge in [0, 0.05) is 17.7 Å². The van der Waals surface area contributed by atoms with E-state index in [4.69, 9.17) is 15.6 Å². The van der Waals surface area contributed by atoms with Gasteiger partial charge in [-0.2, -0.15) is 13.2 Å². The zero-order valence-corrected chi connectivity index (χ0v) is 12.4. The van der Waals surface area contributed by atoms with E-state index in [0.717, 1.165) is 42.5 Å². The number of rotatable bonds is 5. The second kappa shape index (κ2) is 6.77. The summed E-state index contributed by atoms with van der Waals surface area (Å²) < 4.78 is 43.0. The average molecular weight is 356 g/mol. The van der Waals surface area contributed by atoms with Crippen LogP contribution in [-0.4, -0.2) is 16.0 Å². The molecule has 1 atom stereocenters. The van der Waals surface area contributed by atoms with Gasteiger partial charge in [0.15, 0.2) is 0 Å². The summed E-state index contributed by atoms with van der Waals surface area (Å²) in [6.07, 6.45) is -4.51. The standard InChI is InChI=1S/C15H11F3N2O5/c16-15(17,18)8-1-4-10(5-2-8)25-12-6-3-9(20(23)24)7-11(12)13(19)14(21)22/h1-7,13H,19H2,(H,21,22)/t13-/m0/s1. The van der Waals surface area contributed by atoms with Gasteiger partial charge in [-0.3, -0.25) is 14.9 Å². The molecule has 0 fully saturated rings. The maximum atomic E-state index is 12.5. The number of benzene rings is 2. The third-order valence-corrected chi connectivity index (χ3v) is 3.21. The molecule has 0 bridgehead atoms. The maximum absolute atomic E-state index is 12.5. The normalized spacial score (nSPS) is 12.5. The topological polar surface area (TPSA) is 116 Å². The maximum Gasteiger partial charge on any atom is 0.416 e. The Morgan fingerprint density at radius 1 is 1.20 bits per heavy atom. The number of carbonyl (C=O) groups is 1. The Kier molecular flexibility index (Phi) is 4.93. The lowest BCUT2D eigenvalue weighted by atomic mass is 10.1. The fraction of sp³-hybridized carbons (Fsp3) is 0.133. The van der Waals surface area contributed by atoms with Gasteiger partial charge in [-0.25, -0.2) is 0 Å². The molecule has 0 aliphatic rings. The highest BCUT2D eigenvalue weighted by atomic mass is 19.4. The summed E-state index contributed by atoms with van der Waals surface area (Å²) in [5.74, 6) is -1.57. The Balaban J connectivity index is 2.38. The Bertz CT molecular complexity index is 806. The van der Waals surface area contributed by atoms with Crippen molar-refractivity contribution >= 4 is 11.7 Å². The third kappa shape index (κ3) is 4.23. The minimum absolute atomic E-state index is 0.0132. The van der Waals surface area contributed by atoms with Crippen molar-refractivity contribution in [1.82, 2.24) is 0 Å². The van der Waals surface area contributed by atoms with Crippen LogP contribution >= 0.6 is 0 Å². The number of carboxylic acid groups (broad SMARTS) is 1. The largest absolute Gasteiger partial charge is 0.480 e. The van der Waals surface area contributed by atoms with Gasteiger partial charge in [-0.05, 0) is 30.3 Å². The van der Waals surface area contributed by atoms with E-state index < -0.39 is 34.4 Å². The van der Waals surface area contributed by atoms with E-state index >= 15 is 0 Å². The van der Waals surface area contributed by atoms with Crippen LogP contribution in [0.2, 0.25) is 0 Å². The molecule has 10 heteroatoms. The number of alkyl halides is 3. The van der Waals surface area contributed by atoms with Gasteiger partial charge in [0.25, 0.3) is 5.69 Å². The lowest BCUT2D eigenvalue weighted by molar-refractivity contribution is -0.384. The summed E-state index contributed by atoms with van der Waals surface area (Å²) in [7, 11) is 0. The molecule has 0 saturated heterocycles. The van der Waals surface area contributed by atoms with Crippen molar-refractivity contribution in [2.45, 2.75) is 12.2 Å². The third-order valence-electron chi connectivity index (χ3n) is 3.21. The summed E-state index contributed by atoms with van der Waals surface area (Å²) in [6, 6.07) is 5.20. The van der Waals surface area contributed by atoms with Crippen molar-refractivity contribution in [3.05, 3.63) is 63.7 Å². The molecule has 2 aromatic carbocycles. The van der Waals surface area contributed by atoms with Crippen LogP contribution in [0.5, 0.6) is 11.5 Å². The molecule has 7 nitrogen and oxygen atoms in total. The van der Waals surface area contributed by atoms with Crippen LogP contribution in [0.3, 0.4) is 0 Å². The molecular formula is C15H11F3N2O5. The quantitative estimate of drug-likeness (QED) is 0.626. The van der Waals surface area contributed by atoms with Gasteiger partial charge in [0.05, 0.1) is 10.5 Å². The van der Waals surface area contributed by atoms with Gasteiger partial charge in [-0.15, -0.1) is 0 Å². The minimum atomic E-state index is -4.51. The summed E-state index contributed by atoms with van der Waals surface area (Å²) in [5, 5.41) is 19.8. The predicted octanol–water partition coefficient (Wildman–Crippen LogP) is 3.49. The number of nitrogens with two attached hydrogens (primary N) is 1. The number of hydrogen-bond acceptors (Lipinski definition) is 5. The van der Waals surface area contributed by atoms with E-state index in [2.05, 4.69) is 0 Å². The zero-order chi connectivity index (χ0) is 18.8. The summed E-state index contributed by atoms with van der Waals surface area (Å²) >= 11 is 0. The molecule has 0 aromatic heterocycles. The van der Waals surface area contributed by atoms with Crippen LogP contribution in [0.1, 0.15) is 17.2 Å². The number of aliphatic carboxylic acids is 1. The molecule has 0 spiro atoms. The van der Waals surface area contributed by atoms with E-state index in [0.29, 0.717) is 0 Å². The molecule has 0 aliphatic carbocycles. The molecule has 132 valence electrons. The molecule has 0 amide bonds. The van der Waals surface area contributed by atoms with Crippen molar-refractivity contribution in [1.29, 1.82) is 0 Å². The number of ether oxygens (including phenoxy) is 1. The number of carboxylic acids is 1. The first kappa shape index (κ1) is 18.2. The molecule has 3 N–H and O–H groups in total. The van der Waals surface area contributed by atoms with Crippen molar-refractivity contribution < 1.29 is 32.7 Å². The van der Waals surface area contributed by atoms with Crippen molar-refractivity contribution in [2.24, 2.45) is 5.73 Å². The summed E-state index contributed by atoms with van der Waals surface area (Å²) in [5.41, 5.74) is 4.03. The summed E-state index contributed by atoms with van der Waals surface area (Å²) in [6.45, 7) is 0. The van der Waals surface area contributed by atoms with Crippen LogP contribution in [0.15, 0.2) is 42.5 Å². The Morgan fingerprint density at radius 3 is 2.28 bits per heavy atom. The van der Waals surface area contributed by atoms with Gasteiger partial charge in [0.2, 0.25) is 0 Å². The van der Waals surface area contributed by atoms with Gasteiger partial charge in [-0.1, -0.05) is 0 Å². The Hall–Kier alpha value is -3.14. The van der Waals surface area contributed by atoms with Crippen molar-refractivity contribution in [3.63, 3.8) is 0 Å². The lowest BCUT2D eigenvalue weighted by Gasteiger charge is -2.14. The average Bonchev–Trinajstić information content (AvgIpc) is 2.54. The van der Waals surface area contributed by atoms with Crippen LogP contribution in [0, 0.1) is 10.1 Å². The van der Waals surface area contributed by atoms with Crippen molar-refractivity contribution in [3.8, 4) is 11.5 Å². The van der Waals surface area contributed by atoms with E-state index in [1.807, 2.05) is 0 Å². The molecule has 2 rings (SSSR count). The van der Waals surface area contributed by atoms with E-state index in [1.54, 1.807) is 0 Å². The van der Waals surface area contributed by atoms with Crippen LogP contribution < -0.4 is 10.5 Å². The highest BCUT2D eigenvalue weighted by Gasteiger charge is 2.30. The summed E-state index contributed by atoms with van der Waals surface area (Å²) in [4.78, 5) is 21.1. The SMILES string of the molecule is N[C@H](C(=O)O)c1cc([N+](=O)[O-])ccc1Oc1ccc(C(F)(F)F)cc1. The van der Waals surface area contributed by atoms with E-state index in [-0.39, 0.29) is 17.1 Å². The smallest absolute Gasteiger partial charge is 0.416 e. The Labute approximate surface area is 138 Å². The van der Waals surface area contributed by atoms with Crippen LogP contribution in [-0.2, 0) is 11.0 Å². The predicted molar refractivity (Wildman–Crippen MR) is 79.2 cm³/mol. The number of non-ortho nitro benzene ring substituents is 1. The first-order valence-electron chi connectivity index (χ1n) is 6.71. The van der Waals surface area contributed by atoms with E-state index in [9.17, 15) is 28.1 Å². The fourth-order valence-corrected chi connectivity index (χ4v) is 1.96. The number of nitro groups is 1. The van der Waals surface area contributed by atoms with Crippen molar-refractivity contribution in [2.75, 3.05) is 0 Å². The fourth-order valence-electron chi connectivity index (χ4n) is 1.96. The first-order valence-corrected chi connectivity index (χ1v) is 6.71. The molecule has 25 heavy (non-hydrogen) atoms. The lowest BCUT2D eigenvalue weighted by Crippen LogP contribution is -2.21. The number of nitro benzene ring substituents is 1. The number of hydrogen-bond donors (Lipinski definition) is 2. The van der Waals surface area contributed by atoms with Crippen LogP contribution in [0.4, 0.5) is 18.9 Å². The van der Waals surface area contributed by atoms with Gasteiger partial charge >= 0.3 is 12.1 Å². The monoisotopic (exact) mass is 356 g/mol. The molecule has 0 heterocycles. The van der Waals surface area contributed by atoms with Crippen LogP contribution in [0.25, 0.3) is 0 Å². The molecule has 0 unspecified atom stereocenters. The minimum Gasteiger partial charge on any atom is -0.480 e. The second-order valence-corrected chi connectivity index (χ2v) is 4.92. The Morgan fingerprint density at radius 2 is 1.80 bits per heavy atom. The molecule has 2 aromatic rings. The van der Waals surface area contributed by atoms with E-state index in [1.165, 1.54) is 0 Å². The molecule has 0 radical (unpaired) electrons. The van der Waals surface area contributed by atoms with Gasteiger partial charge in [0.1, 0.15) is 17.5 Å². The highest BCUT2D eigenvalue weighted by molar-refractivity contribution is 5.77. The highest BCUT2D eigenvalue weighted by Crippen LogP contribution is 2.34.